The van der Waals surface area contributed by atoms with Gasteiger partial charge in [0, 0.05) is 42.2 Å². The van der Waals surface area contributed by atoms with Crippen molar-refractivity contribution in [1.29, 1.82) is 0 Å². The molecule has 42 heavy (non-hydrogen) atoms. The van der Waals surface area contributed by atoms with Crippen LogP contribution in [0.5, 0.6) is 5.75 Å². The lowest BCUT2D eigenvalue weighted by Gasteiger charge is -2.26. The SMILES string of the molecule is CC.O=C(CCOCCOc1cc(F)ccc1-c1nnc(-c2ccc3c(c2)CCNC3)c2ccsc12)N1CCCCC1. The van der Waals surface area contributed by atoms with Gasteiger partial charge in [-0.1, -0.05) is 26.0 Å². The highest BCUT2D eigenvalue weighted by Gasteiger charge is 2.19. The minimum atomic E-state index is -0.387. The number of carbonyl (C=O) groups excluding carboxylic acids is 1. The van der Waals surface area contributed by atoms with Gasteiger partial charge in [0.1, 0.15) is 29.6 Å². The number of hydrogen-bond acceptors (Lipinski definition) is 7. The van der Waals surface area contributed by atoms with Gasteiger partial charge in [0.05, 0.1) is 24.3 Å². The minimum absolute atomic E-state index is 0.141. The molecule has 0 spiro atoms. The monoisotopic (exact) mass is 590 g/mol. The number of benzene rings is 2. The lowest BCUT2D eigenvalue weighted by Crippen LogP contribution is -2.36. The van der Waals surface area contributed by atoms with Crippen molar-refractivity contribution in [2.24, 2.45) is 0 Å². The highest BCUT2D eigenvalue weighted by molar-refractivity contribution is 7.17. The number of likely N-dealkylation sites (tertiary alicyclic amines) is 1. The zero-order chi connectivity index (χ0) is 29.3. The van der Waals surface area contributed by atoms with Gasteiger partial charge in [0.2, 0.25) is 5.91 Å². The van der Waals surface area contributed by atoms with E-state index in [4.69, 9.17) is 9.47 Å². The maximum Gasteiger partial charge on any atom is 0.224 e. The number of aromatic nitrogens is 2. The van der Waals surface area contributed by atoms with E-state index in [2.05, 4.69) is 39.8 Å². The average molecular weight is 591 g/mol. The molecule has 2 aliphatic rings. The fraction of sp³-hybridized carbons (Fsp3) is 0.424. The van der Waals surface area contributed by atoms with Gasteiger partial charge < -0.3 is 19.7 Å². The fourth-order valence-corrected chi connectivity index (χ4v) is 6.37. The van der Waals surface area contributed by atoms with E-state index in [0.29, 0.717) is 36.6 Å². The van der Waals surface area contributed by atoms with E-state index in [1.54, 1.807) is 17.4 Å². The summed E-state index contributed by atoms with van der Waals surface area (Å²) >= 11 is 1.59. The molecule has 0 saturated carbocycles. The Balaban J connectivity index is 0.00000173. The van der Waals surface area contributed by atoms with Gasteiger partial charge in [-0.2, -0.15) is 0 Å². The standard InChI is InChI=1S/C31H33FN4O3S.C2H6/c32-24-6-7-25(27(19-24)39-16-15-38-14-9-28(37)36-12-2-1-3-13-36)30-31-26(10-17-40-31)29(34-35-30)22-4-5-23-20-33-11-8-21(23)18-22;1-2/h4-7,10,17-19,33H,1-3,8-9,11-16,20H2;1-2H3. The first-order valence-corrected chi connectivity index (χ1v) is 15.9. The van der Waals surface area contributed by atoms with E-state index in [9.17, 15) is 9.18 Å². The smallest absolute Gasteiger partial charge is 0.224 e. The molecular formula is C33H39FN4O3S. The number of nitrogens with one attached hydrogen (secondary N) is 1. The molecule has 2 aromatic heterocycles. The van der Waals surface area contributed by atoms with Gasteiger partial charge in [-0.3, -0.25) is 4.79 Å². The highest BCUT2D eigenvalue weighted by atomic mass is 32.1. The number of nitrogens with zero attached hydrogens (tertiary/aromatic N) is 3. The third-order valence-corrected chi connectivity index (χ3v) is 8.53. The second-order valence-electron chi connectivity index (χ2n) is 10.3. The van der Waals surface area contributed by atoms with Crippen molar-refractivity contribution < 1.29 is 18.7 Å². The van der Waals surface area contributed by atoms with Crippen molar-refractivity contribution in [1.82, 2.24) is 20.4 Å². The summed E-state index contributed by atoms with van der Waals surface area (Å²) in [5.74, 6) is 0.149. The fourth-order valence-electron chi connectivity index (χ4n) is 5.48. The average Bonchev–Trinajstić information content (AvgIpc) is 3.54. The second kappa shape index (κ2) is 14.7. The summed E-state index contributed by atoms with van der Waals surface area (Å²) in [6.07, 6.45) is 4.71. The molecule has 0 aliphatic carbocycles. The highest BCUT2D eigenvalue weighted by Crippen LogP contribution is 2.39. The van der Waals surface area contributed by atoms with Crippen molar-refractivity contribution in [2.75, 3.05) is 39.5 Å². The zero-order valence-electron chi connectivity index (χ0n) is 24.5. The first-order chi connectivity index (χ1) is 20.7. The summed E-state index contributed by atoms with van der Waals surface area (Å²) in [4.78, 5) is 14.2. The predicted octanol–water partition coefficient (Wildman–Crippen LogP) is 6.63. The number of rotatable bonds is 9. The van der Waals surface area contributed by atoms with Crippen LogP contribution in [0.3, 0.4) is 0 Å². The van der Waals surface area contributed by atoms with Gasteiger partial charge in [-0.25, -0.2) is 4.39 Å². The number of amides is 1. The molecule has 2 aromatic carbocycles. The van der Waals surface area contributed by atoms with Crippen LogP contribution < -0.4 is 10.1 Å². The van der Waals surface area contributed by atoms with Crippen LogP contribution in [0.2, 0.25) is 0 Å². The van der Waals surface area contributed by atoms with Crippen molar-refractivity contribution in [3.63, 3.8) is 0 Å². The van der Waals surface area contributed by atoms with Gasteiger partial charge >= 0.3 is 0 Å². The van der Waals surface area contributed by atoms with Crippen LogP contribution in [0.15, 0.2) is 47.8 Å². The summed E-state index contributed by atoms with van der Waals surface area (Å²) in [6, 6.07) is 13.1. The lowest BCUT2D eigenvalue weighted by molar-refractivity contribution is -0.133. The molecule has 9 heteroatoms. The van der Waals surface area contributed by atoms with E-state index in [1.807, 2.05) is 24.1 Å². The molecule has 222 valence electrons. The maximum absolute atomic E-state index is 14.2. The maximum atomic E-state index is 14.2. The number of carbonyl (C=O) groups is 1. The molecule has 0 unspecified atom stereocenters. The third kappa shape index (κ3) is 6.97. The van der Waals surface area contributed by atoms with Crippen molar-refractivity contribution in [3.8, 4) is 28.3 Å². The molecule has 4 heterocycles. The molecule has 1 fully saturated rings. The van der Waals surface area contributed by atoms with E-state index in [1.165, 1.54) is 29.7 Å². The third-order valence-electron chi connectivity index (χ3n) is 7.60. The topological polar surface area (TPSA) is 76.6 Å². The quantitative estimate of drug-likeness (QED) is 0.221. The number of piperidine rings is 1. The molecule has 2 aliphatic heterocycles. The molecule has 6 rings (SSSR count). The lowest BCUT2D eigenvalue weighted by atomic mass is 9.96. The first-order valence-electron chi connectivity index (χ1n) is 15.0. The molecule has 1 saturated heterocycles. The molecule has 1 N–H and O–H groups in total. The van der Waals surface area contributed by atoms with E-state index in [0.717, 1.165) is 66.8 Å². The number of thiophene rings is 1. The number of fused-ring (bicyclic) bond motifs is 2. The number of ether oxygens (including phenoxy) is 2. The first kappa shape index (κ1) is 30.1. The van der Waals surface area contributed by atoms with Crippen LogP contribution in [0.4, 0.5) is 4.39 Å². The van der Waals surface area contributed by atoms with Crippen LogP contribution in [-0.2, 0) is 22.5 Å². The zero-order valence-corrected chi connectivity index (χ0v) is 25.3. The Morgan fingerprint density at radius 3 is 2.67 bits per heavy atom. The molecule has 1 amide bonds. The van der Waals surface area contributed by atoms with Crippen molar-refractivity contribution >= 4 is 27.3 Å². The Kier molecular flexibility index (Phi) is 10.5. The molecule has 0 radical (unpaired) electrons. The Labute approximate surface area is 251 Å². The molecular weight excluding hydrogens is 551 g/mol. The molecule has 4 aromatic rings. The van der Waals surface area contributed by atoms with Gasteiger partial charge in [-0.05, 0) is 73.0 Å². The van der Waals surface area contributed by atoms with Crippen LogP contribution >= 0.6 is 11.3 Å². The van der Waals surface area contributed by atoms with Gasteiger partial charge in [0.25, 0.3) is 0 Å². The number of halogens is 1. The Morgan fingerprint density at radius 1 is 0.976 bits per heavy atom. The normalized spacial score (nSPS) is 14.7. The minimum Gasteiger partial charge on any atom is -0.490 e. The van der Waals surface area contributed by atoms with Crippen molar-refractivity contribution in [2.45, 2.75) is 52.5 Å². The van der Waals surface area contributed by atoms with Gasteiger partial charge in [0.15, 0.2) is 0 Å². The predicted molar refractivity (Wildman–Crippen MR) is 166 cm³/mol. The van der Waals surface area contributed by atoms with Crippen LogP contribution in [0, 0.1) is 5.82 Å². The largest absolute Gasteiger partial charge is 0.490 e. The van der Waals surface area contributed by atoms with Crippen LogP contribution in [0.1, 0.15) is 50.7 Å². The Morgan fingerprint density at radius 2 is 1.81 bits per heavy atom. The van der Waals surface area contributed by atoms with Crippen LogP contribution in [-0.4, -0.2) is 60.5 Å². The van der Waals surface area contributed by atoms with E-state index in [-0.39, 0.29) is 18.3 Å². The molecule has 0 bridgehead atoms. The summed E-state index contributed by atoms with van der Waals surface area (Å²) in [7, 11) is 0. The summed E-state index contributed by atoms with van der Waals surface area (Å²) in [5.41, 5.74) is 5.92. The molecule has 7 nitrogen and oxygen atoms in total. The van der Waals surface area contributed by atoms with E-state index < -0.39 is 0 Å². The summed E-state index contributed by atoms with van der Waals surface area (Å²) < 4.78 is 26.9. The second-order valence-corrected chi connectivity index (χ2v) is 11.2. The van der Waals surface area contributed by atoms with Crippen LogP contribution in [0.25, 0.3) is 32.6 Å². The van der Waals surface area contributed by atoms with Gasteiger partial charge in [-0.15, -0.1) is 21.5 Å². The summed E-state index contributed by atoms with van der Waals surface area (Å²) in [5, 5.41) is 15.7. The van der Waals surface area contributed by atoms with E-state index >= 15 is 0 Å². The Hall–Kier alpha value is -3.40. The van der Waals surface area contributed by atoms with Crippen molar-refractivity contribution in [3.05, 3.63) is 64.8 Å². The summed E-state index contributed by atoms with van der Waals surface area (Å²) in [6.45, 7) is 8.44. The number of hydrogen-bond donors (Lipinski definition) is 1. The molecule has 0 atom stereocenters. The Bertz CT molecular complexity index is 1500.